The Morgan fingerprint density at radius 2 is 2.00 bits per heavy atom. The van der Waals surface area contributed by atoms with Crippen molar-refractivity contribution >= 4 is 22.9 Å². The first-order valence-electron chi connectivity index (χ1n) is 5.75. The maximum Gasteiger partial charge on any atom is 0.0406 e. The summed E-state index contributed by atoms with van der Waals surface area (Å²) in [5.41, 5.74) is 2.69. The Labute approximate surface area is 111 Å². The van der Waals surface area contributed by atoms with Gasteiger partial charge in [0.1, 0.15) is 0 Å². The number of hydrogen-bond acceptors (Lipinski definition) is 2. The number of rotatable bonds is 5. The van der Waals surface area contributed by atoms with E-state index < -0.39 is 0 Å². The summed E-state index contributed by atoms with van der Waals surface area (Å²) in [6, 6.07) is 10.6. The molecular formula is C14H16ClNS. The van der Waals surface area contributed by atoms with Gasteiger partial charge >= 0.3 is 0 Å². The highest BCUT2D eigenvalue weighted by molar-refractivity contribution is 7.07. The van der Waals surface area contributed by atoms with Gasteiger partial charge in [-0.1, -0.05) is 23.7 Å². The lowest BCUT2D eigenvalue weighted by atomic mass is 10.1. The second-order valence-electron chi connectivity index (χ2n) is 4.11. The topological polar surface area (TPSA) is 12.0 Å². The third-order valence-corrected chi connectivity index (χ3v) is 3.77. The molecule has 0 spiro atoms. The van der Waals surface area contributed by atoms with Gasteiger partial charge in [0.25, 0.3) is 0 Å². The second kappa shape index (κ2) is 6.20. The molecule has 1 atom stereocenters. The van der Waals surface area contributed by atoms with Crippen molar-refractivity contribution in [3.63, 3.8) is 0 Å². The van der Waals surface area contributed by atoms with E-state index in [1.54, 1.807) is 11.3 Å². The minimum Gasteiger partial charge on any atom is -0.310 e. The van der Waals surface area contributed by atoms with Gasteiger partial charge in [0, 0.05) is 11.1 Å². The van der Waals surface area contributed by atoms with Crippen molar-refractivity contribution in [3.8, 4) is 0 Å². The summed E-state index contributed by atoms with van der Waals surface area (Å²) in [7, 11) is 0. The molecule has 1 nitrogen and oxygen atoms in total. The van der Waals surface area contributed by atoms with Crippen molar-refractivity contribution in [2.24, 2.45) is 0 Å². The summed E-state index contributed by atoms with van der Waals surface area (Å²) in [6.07, 6.45) is 1.03. The summed E-state index contributed by atoms with van der Waals surface area (Å²) in [6.45, 7) is 3.18. The van der Waals surface area contributed by atoms with Gasteiger partial charge < -0.3 is 5.32 Å². The fourth-order valence-electron chi connectivity index (χ4n) is 1.72. The minimum absolute atomic E-state index is 0.425. The highest BCUT2D eigenvalue weighted by atomic mass is 35.5. The molecule has 0 saturated carbocycles. The largest absolute Gasteiger partial charge is 0.310 e. The lowest BCUT2D eigenvalue weighted by molar-refractivity contribution is 0.578. The molecule has 0 aliphatic rings. The number of halogens is 1. The van der Waals surface area contributed by atoms with E-state index >= 15 is 0 Å². The van der Waals surface area contributed by atoms with Crippen LogP contribution in [0.2, 0.25) is 5.02 Å². The van der Waals surface area contributed by atoms with E-state index in [0.717, 1.165) is 18.0 Å². The van der Waals surface area contributed by atoms with E-state index in [2.05, 4.69) is 41.2 Å². The van der Waals surface area contributed by atoms with Gasteiger partial charge in [-0.3, -0.25) is 0 Å². The monoisotopic (exact) mass is 265 g/mol. The zero-order chi connectivity index (χ0) is 12.1. The van der Waals surface area contributed by atoms with E-state index in [1.165, 1.54) is 11.1 Å². The van der Waals surface area contributed by atoms with Gasteiger partial charge in [-0.15, -0.1) is 0 Å². The number of nitrogens with one attached hydrogen (secondary N) is 1. The summed E-state index contributed by atoms with van der Waals surface area (Å²) in [4.78, 5) is 0. The van der Waals surface area contributed by atoms with Crippen LogP contribution in [0.4, 0.5) is 0 Å². The van der Waals surface area contributed by atoms with Crippen molar-refractivity contribution < 1.29 is 0 Å². The van der Waals surface area contributed by atoms with E-state index in [-0.39, 0.29) is 0 Å². The molecule has 1 heterocycles. The Kier molecular flexibility index (Phi) is 4.60. The van der Waals surface area contributed by atoms with Crippen LogP contribution in [-0.2, 0) is 6.42 Å². The first-order valence-corrected chi connectivity index (χ1v) is 7.08. The predicted octanol–water partition coefficient (Wildman–Crippen LogP) is 4.29. The number of hydrogen-bond donors (Lipinski definition) is 1. The van der Waals surface area contributed by atoms with Crippen LogP contribution in [-0.4, -0.2) is 6.54 Å². The van der Waals surface area contributed by atoms with Crippen LogP contribution in [0.1, 0.15) is 24.1 Å². The Morgan fingerprint density at radius 1 is 1.24 bits per heavy atom. The molecule has 1 aromatic carbocycles. The SMILES string of the molecule is CC(NCCc1ccc(Cl)cc1)c1ccsc1. The average molecular weight is 266 g/mol. The Hall–Kier alpha value is -0.830. The molecule has 2 aromatic rings. The van der Waals surface area contributed by atoms with Crippen LogP contribution >= 0.6 is 22.9 Å². The Morgan fingerprint density at radius 3 is 2.65 bits per heavy atom. The van der Waals surface area contributed by atoms with Crippen LogP contribution in [0.15, 0.2) is 41.1 Å². The molecule has 1 N–H and O–H groups in total. The highest BCUT2D eigenvalue weighted by Crippen LogP contribution is 2.15. The van der Waals surface area contributed by atoms with Crippen molar-refractivity contribution in [1.29, 1.82) is 0 Å². The molecule has 1 unspecified atom stereocenters. The first kappa shape index (κ1) is 12.6. The number of thiophene rings is 1. The molecule has 0 radical (unpaired) electrons. The zero-order valence-corrected chi connectivity index (χ0v) is 11.4. The molecule has 0 aliphatic carbocycles. The maximum atomic E-state index is 5.85. The third-order valence-electron chi connectivity index (χ3n) is 2.82. The molecule has 0 saturated heterocycles. The molecular weight excluding hydrogens is 250 g/mol. The van der Waals surface area contributed by atoms with Gasteiger partial charge in [-0.2, -0.15) is 11.3 Å². The van der Waals surface area contributed by atoms with E-state index in [9.17, 15) is 0 Å². The van der Waals surface area contributed by atoms with Crippen molar-refractivity contribution in [2.45, 2.75) is 19.4 Å². The normalized spacial score (nSPS) is 12.6. The minimum atomic E-state index is 0.425. The maximum absolute atomic E-state index is 5.85. The lowest BCUT2D eigenvalue weighted by Gasteiger charge is -2.12. The van der Waals surface area contributed by atoms with Gasteiger partial charge in [0.05, 0.1) is 0 Å². The van der Waals surface area contributed by atoms with Crippen LogP contribution < -0.4 is 5.32 Å². The molecule has 3 heteroatoms. The average Bonchev–Trinajstić information content (AvgIpc) is 2.85. The molecule has 17 heavy (non-hydrogen) atoms. The van der Waals surface area contributed by atoms with Crippen LogP contribution in [0.25, 0.3) is 0 Å². The fourth-order valence-corrected chi connectivity index (χ4v) is 2.60. The lowest BCUT2D eigenvalue weighted by Crippen LogP contribution is -2.20. The number of benzene rings is 1. The summed E-state index contributed by atoms with van der Waals surface area (Å²) >= 11 is 7.59. The fraction of sp³-hybridized carbons (Fsp3) is 0.286. The van der Waals surface area contributed by atoms with E-state index in [1.807, 2.05) is 12.1 Å². The molecule has 0 amide bonds. The Balaban J connectivity index is 1.78. The Bertz CT molecular complexity index is 436. The van der Waals surface area contributed by atoms with Gasteiger partial charge in [0.2, 0.25) is 0 Å². The molecule has 0 aliphatic heterocycles. The third kappa shape index (κ3) is 3.84. The summed E-state index contributed by atoms with van der Waals surface area (Å²) in [5, 5.41) is 8.63. The first-order chi connectivity index (χ1) is 8.25. The predicted molar refractivity (Wildman–Crippen MR) is 75.9 cm³/mol. The standard InChI is InChI=1S/C14H16ClNS/c1-11(13-7-9-17-10-13)16-8-6-12-2-4-14(15)5-3-12/h2-5,7,9-11,16H,6,8H2,1H3. The van der Waals surface area contributed by atoms with Gasteiger partial charge in [0.15, 0.2) is 0 Å². The van der Waals surface area contributed by atoms with Crippen molar-refractivity contribution in [1.82, 2.24) is 5.32 Å². The van der Waals surface area contributed by atoms with Gasteiger partial charge in [-0.25, -0.2) is 0 Å². The van der Waals surface area contributed by atoms with Gasteiger partial charge in [-0.05, 0) is 60.0 Å². The van der Waals surface area contributed by atoms with Crippen LogP contribution in [0.3, 0.4) is 0 Å². The molecule has 0 bridgehead atoms. The van der Waals surface area contributed by atoms with E-state index in [4.69, 9.17) is 11.6 Å². The summed E-state index contributed by atoms with van der Waals surface area (Å²) < 4.78 is 0. The molecule has 1 aromatic heterocycles. The van der Waals surface area contributed by atoms with Crippen LogP contribution in [0.5, 0.6) is 0 Å². The van der Waals surface area contributed by atoms with Crippen LogP contribution in [0, 0.1) is 0 Å². The highest BCUT2D eigenvalue weighted by Gasteiger charge is 2.04. The van der Waals surface area contributed by atoms with Crippen molar-refractivity contribution in [3.05, 3.63) is 57.2 Å². The molecule has 0 fully saturated rings. The van der Waals surface area contributed by atoms with E-state index in [0.29, 0.717) is 6.04 Å². The molecule has 2 rings (SSSR count). The summed E-state index contributed by atoms with van der Waals surface area (Å²) in [5.74, 6) is 0. The molecule has 90 valence electrons. The smallest absolute Gasteiger partial charge is 0.0406 e. The second-order valence-corrected chi connectivity index (χ2v) is 5.33. The van der Waals surface area contributed by atoms with Crippen molar-refractivity contribution in [2.75, 3.05) is 6.54 Å². The zero-order valence-electron chi connectivity index (χ0n) is 9.82. The quantitative estimate of drug-likeness (QED) is 0.850.